The molecule has 0 fully saturated rings. The summed E-state index contributed by atoms with van der Waals surface area (Å²) in [6, 6.07) is 11.1. The zero-order chi connectivity index (χ0) is 21.4. The van der Waals surface area contributed by atoms with Crippen molar-refractivity contribution in [2.75, 3.05) is 7.05 Å². The first-order valence-corrected chi connectivity index (χ1v) is 10.6. The lowest BCUT2D eigenvalue weighted by molar-refractivity contribution is -0.131. The van der Waals surface area contributed by atoms with Crippen LogP contribution >= 0.6 is 22.9 Å². The van der Waals surface area contributed by atoms with Gasteiger partial charge >= 0.3 is 0 Å². The number of carbonyl (C=O) groups excluding carboxylic acids is 1. The third kappa shape index (κ3) is 3.91. The molecule has 0 N–H and O–H groups in total. The van der Waals surface area contributed by atoms with Crippen LogP contribution in [0.2, 0.25) is 5.02 Å². The Bertz CT molecular complexity index is 1290. The molecule has 30 heavy (non-hydrogen) atoms. The Hall–Kier alpha value is -2.90. The van der Waals surface area contributed by atoms with E-state index in [2.05, 4.69) is 4.98 Å². The number of aryl methyl sites for hydroxylation is 2. The van der Waals surface area contributed by atoms with Gasteiger partial charge in [-0.1, -0.05) is 11.6 Å². The summed E-state index contributed by atoms with van der Waals surface area (Å²) in [5.74, 6) is 1.16. The molecular weight excluding hydrogens is 422 g/mol. The lowest BCUT2D eigenvalue weighted by atomic mass is 10.2. The Kier molecular flexibility index (Phi) is 5.49. The van der Waals surface area contributed by atoms with E-state index in [-0.39, 0.29) is 18.0 Å². The summed E-state index contributed by atoms with van der Waals surface area (Å²) in [6.45, 7) is 4.10. The number of hydrogen-bond acceptors (Lipinski definition) is 5. The molecular formula is C22H20ClN3O3S. The Morgan fingerprint density at radius 1 is 1.20 bits per heavy atom. The van der Waals surface area contributed by atoms with Crippen molar-refractivity contribution in [3.05, 3.63) is 74.3 Å². The molecule has 8 heteroatoms. The normalized spacial score (nSPS) is 11.2. The molecule has 0 aliphatic heterocycles. The lowest BCUT2D eigenvalue weighted by Gasteiger charge is -2.16. The van der Waals surface area contributed by atoms with Crippen molar-refractivity contribution in [1.29, 1.82) is 0 Å². The first-order chi connectivity index (χ1) is 14.3. The van der Waals surface area contributed by atoms with Gasteiger partial charge in [0.2, 0.25) is 5.91 Å². The summed E-state index contributed by atoms with van der Waals surface area (Å²) in [7, 11) is 1.68. The molecule has 0 aliphatic rings. The van der Waals surface area contributed by atoms with Crippen LogP contribution in [0.25, 0.3) is 21.5 Å². The van der Waals surface area contributed by atoms with Crippen LogP contribution in [0.15, 0.2) is 51.9 Å². The van der Waals surface area contributed by atoms with Gasteiger partial charge in [-0.3, -0.25) is 14.2 Å². The van der Waals surface area contributed by atoms with E-state index in [1.54, 1.807) is 19.2 Å². The maximum atomic E-state index is 12.8. The monoisotopic (exact) mass is 441 g/mol. The molecule has 154 valence electrons. The maximum absolute atomic E-state index is 12.8. The fourth-order valence-corrected chi connectivity index (χ4v) is 4.32. The number of amides is 1. The molecule has 1 aromatic carbocycles. The summed E-state index contributed by atoms with van der Waals surface area (Å²) in [6.07, 6.45) is 1.44. The molecule has 3 heterocycles. The third-order valence-electron chi connectivity index (χ3n) is 5.07. The second kappa shape index (κ2) is 8.08. The molecule has 0 unspecified atom stereocenters. The smallest absolute Gasteiger partial charge is 0.262 e. The van der Waals surface area contributed by atoms with Crippen molar-refractivity contribution in [3.8, 4) is 11.3 Å². The molecule has 6 nitrogen and oxygen atoms in total. The van der Waals surface area contributed by atoms with Crippen molar-refractivity contribution in [2.45, 2.75) is 26.9 Å². The van der Waals surface area contributed by atoms with E-state index in [4.69, 9.17) is 16.0 Å². The molecule has 0 aliphatic carbocycles. The highest BCUT2D eigenvalue weighted by atomic mass is 35.5. The number of aromatic nitrogens is 2. The van der Waals surface area contributed by atoms with E-state index in [0.717, 1.165) is 16.0 Å². The molecule has 1 amide bonds. The van der Waals surface area contributed by atoms with E-state index in [1.807, 2.05) is 38.1 Å². The highest BCUT2D eigenvalue weighted by Gasteiger charge is 2.17. The minimum absolute atomic E-state index is 0.0721. The summed E-state index contributed by atoms with van der Waals surface area (Å²) >= 11 is 7.41. The second-order valence-electron chi connectivity index (χ2n) is 7.16. The Morgan fingerprint density at radius 3 is 2.67 bits per heavy atom. The van der Waals surface area contributed by atoms with Crippen molar-refractivity contribution >= 4 is 39.1 Å². The summed E-state index contributed by atoms with van der Waals surface area (Å²) in [5.41, 5.74) is 1.64. The van der Waals surface area contributed by atoms with Gasteiger partial charge in [0, 0.05) is 22.5 Å². The van der Waals surface area contributed by atoms with E-state index in [0.29, 0.717) is 33.3 Å². The van der Waals surface area contributed by atoms with Crippen molar-refractivity contribution in [2.24, 2.45) is 0 Å². The van der Waals surface area contributed by atoms with Crippen LogP contribution in [0.3, 0.4) is 0 Å². The molecule has 0 radical (unpaired) electrons. The summed E-state index contributed by atoms with van der Waals surface area (Å²) < 4.78 is 7.23. The average molecular weight is 442 g/mol. The van der Waals surface area contributed by atoms with E-state index in [1.165, 1.54) is 27.1 Å². The zero-order valence-corrected chi connectivity index (χ0v) is 18.4. The second-order valence-corrected chi connectivity index (χ2v) is 8.80. The van der Waals surface area contributed by atoms with Crippen LogP contribution in [-0.4, -0.2) is 27.4 Å². The predicted octanol–water partition coefficient (Wildman–Crippen LogP) is 4.65. The van der Waals surface area contributed by atoms with Crippen LogP contribution in [0.4, 0.5) is 0 Å². The Balaban J connectivity index is 1.48. The average Bonchev–Trinajstić information content (AvgIpc) is 3.29. The largest absolute Gasteiger partial charge is 0.459 e. The molecule has 0 spiro atoms. The lowest BCUT2D eigenvalue weighted by Crippen LogP contribution is -2.33. The van der Waals surface area contributed by atoms with Gasteiger partial charge in [0.05, 0.1) is 18.3 Å². The first-order valence-electron chi connectivity index (χ1n) is 9.37. The van der Waals surface area contributed by atoms with Crippen molar-refractivity contribution in [1.82, 2.24) is 14.5 Å². The van der Waals surface area contributed by atoms with Gasteiger partial charge in [-0.2, -0.15) is 0 Å². The number of furan rings is 1. The molecule has 0 atom stereocenters. The minimum atomic E-state index is -0.202. The van der Waals surface area contributed by atoms with Gasteiger partial charge in [-0.05, 0) is 55.8 Å². The standard InChI is InChI=1S/C22H20ClN3O3S/c1-13-14(2)30-21-20(13)22(28)26(12-24-21)11-19(27)25(3)10-17-8-9-18(29-17)15-4-6-16(23)7-5-15/h4-9,12H,10-11H2,1-3H3. The fraction of sp³-hybridized carbons (Fsp3) is 0.227. The van der Waals surface area contributed by atoms with E-state index >= 15 is 0 Å². The van der Waals surface area contributed by atoms with Crippen LogP contribution < -0.4 is 5.56 Å². The fourth-order valence-electron chi connectivity index (χ4n) is 3.20. The number of halogens is 1. The van der Waals surface area contributed by atoms with Crippen LogP contribution in [0.1, 0.15) is 16.2 Å². The zero-order valence-electron chi connectivity index (χ0n) is 16.8. The number of carbonyl (C=O) groups is 1. The molecule has 4 rings (SSSR count). The number of likely N-dealkylation sites (N-methyl/N-ethyl adjacent to an activating group) is 1. The van der Waals surface area contributed by atoms with Crippen LogP contribution in [-0.2, 0) is 17.9 Å². The Morgan fingerprint density at radius 2 is 1.93 bits per heavy atom. The van der Waals surface area contributed by atoms with Crippen molar-refractivity contribution in [3.63, 3.8) is 0 Å². The Labute approximate surface area is 182 Å². The first kappa shape index (κ1) is 20.4. The quantitative estimate of drug-likeness (QED) is 0.452. The van der Waals surface area contributed by atoms with Gasteiger partial charge in [0.1, 0.15) is 22.9 Å². The van der Waals surface area contributed by atoms with Gasteiger partial charge in [0.25, 0.3) is 5.56 Å². The number of nitrogens with zero attached hydrogens (tertiary/aromatic N) is 3. The number of rotatable bonds is 5. The van der Waals surface area contributed by atoms with Gasteiger partial charge < -0.3 is 9.32 Å². The third-order valence-corrected chi connectivity index (χ3v) is 6.44. The number of benzene rings is 1. The molecule has 0 bridgehead atoms. The predicted molar refractivity (Wildman–Crippen MR) is 119 cm³/mol. The van der Waals surface area contributed by atoms with Gasteiger partial charge in [-0.15, -0.1) is 11.3 Å². The van der Waals surface area contributed by atoms with Crippen LogP contribution in [0.5, 0.6) is 0 Å². The molecule has 3 aromatic heterocycles. The van der Waals surface area contributed by atoms with E-state index in [9.17, 15) is 9.59 Å². The van der Waals surface area contributed by atoms with E-state index < -0.39 is 0 Å². The highest BCUT2D eigenvalue weighted by Crippen LogP contribution is 2.26. The number of hydrogen-bond donors (Lipinski definition) is 0. The van der Waals surface area contributed by atoms with Gasteiger partial charge in [-0.25, -0.2) is 4.98 Å². The van der Waals surface area contributed by atoms with Gasteiger partial charge in [0.15, 0.2) is 0 Å². The summed E-state index contributed by atoms with van der Waals surface area (Å²) in [4.78, 5) is 33.1. The number of thiophene rings is 1. The maximum Gasteiger partial charge on any atom is 0.262 e. The van der Waals surface area contributed by atoms with Crippen molar-refractivity contribution < 1.29 is 9.21 Å². The topological polar surface area (TPSA) is 68.3 Å². The molecule has 0 saturated heterocycles. The highest BCUT2D eigenvalue weighted by molar-refractivity contribution is 7.18. The number of fused-ring (bicyclic) bond motifs is 1. The SMILES string of the molecule is Cc1sc2ncn(CC(=O)N(C)Cc3ccc(-c4ccc(Cl)cc4)o3)c(=O)c2c1C. The van der Waals surface area contributed by atoms with Crippen LogP contribution in [0, 0.1) is 13.8 Å². The minimum Gasteiger partial charge on any atom is -0.459 e. The molecule has 0 saturated carbocycles. The molecule has 4 aromatic rings. The summed E-state index contributed by atoms with van der Waals surface area (Å²) in [5, 5.41) is 1.25.